The number of nitrogens with one attached hydrogen (secondary N) is 1. The molecular formula is C20H20ClFN2O3. The lowest BCUT2D eigenvalue weighted by Gasteiger charge is -2.25. The number of hydrogen-bond acceptors (Lipinski definition) is 4. The number of hydrogen-bond donors (Lipinski definition) is 1. The van der Waals surface area contributed by atoms with Crippen molar-refractivity contribution < 1.29 is 18.7 Å². The van der Waals surface area contributed by atoms with Crippen LogP contribution in [0.15, 0.2) is 30.5 Å². The van der Waals surface area contributed by atoms with Gasteiger partial charge >= 0.3 is 5.97 Å². The second-order valence-electron chi connectivity index (χ2n) is 7.54. The molecule has 1 aromatic carbocycles. The van der Waals surface area contributed by atoms with E-state index in [0.29, 0.717) is 12.2 Å². The van der Waals surface area contributed by atoms with Gasteiger partial charge in [-0.3, -0.25) is 9.59 Å². The lowest BCUT2D eigenvalue weighted by Crippen LogP contribution is -2.34. The van der Waals surface area contributed by atoms with E-state index >= 15 is 0 Å². The van der Waals surface area contributed by atoms with E-state index in [2.05, 4.69) is 10.3 Å². The summed E-state index contributed by atoms with van der Waals surface area (Å²) >= 11 is 5.86. The van der Waals surface area contributed by atoms with Gasteiger partial charge in [-0.25, -0.2) is 9.37 Å². The maximum atomic E-state index is 13.4. The highest BCUT2D eigenvalue weighted by Gasteiger charge is 2.31. The van der Waals surface area contributed by atoms with Crippen molar-refractivity contribution in [3.8, 4) is 11.1 Å². The van der Waals surface area contributed by atoms with E-state index < -0.39 is 23.3 Å². The third-order valence-electron chi connectivity index (χ3n) is 4.13. The van der Waals surface area contributed by atoms with Crippen molar-refractivity contribution in [2.24, 2.45) is 5.92 Å². The average molecular weight is 391 g/mol. The highest BCUT2D eigenvalue weighted by molar-refractivity contribution is 6.31. The van der Waals surface area contributed by atoms with Crippen molar-refractivity contribution in [3.05, 3.63) is 46.9 Å². The molecule has 1 N–H and O–H groups in total. The van der Waals surface area contributed by atoms with E-state index in [1.807, 2.05) is 6.07 Å². The number of carbonyl (C=O) groups excluding carboxylic acids is 2. The number of benzene rings is 1. The number of anilines is 1. The molecule has 2 aromatic rings. The molecule has 0 spiro atoms. The molecule has 0 saturated carbocycles. The zero-order chi connectivity index (χ0) is 19.8. The molecule has 1 amide bonds. The first-order valence-electron chi connectivity index (χ1n) is 8.59. The highest BCUT2D eigenvalue weighted by Crippen LogP contribution is 2.31. The highest BCUT2D eigenvalue weighted by atomic mass is 35.5. The minimum Gasteiger partial charge on any atom is -0.460 e. The zero-order valence-electron chi connectivity index (χ0n) is 15.3. The quantitative estimate of drug-likeness (QED) is 0.789. The van der Waals surface area contributed by atoms with Crippen molar-refractivity contribution in [3.63, 3.8) is 0 Å². The smallest absolute Gasteiger partial charge is 0.307 e. The molecule has 7 heteroatoms. The number of halogens is 2. The topological polar surface area (TPSA) is 68.3 Å². The minimum absolute atomic E-state index is 0.00481. The van der Waals surface area contributed by atoms with Crippen LogP contribution in [0.5, 0.6) is 0 Å². The summed E-state index contributed by atoms with van der Waals surface area (Å²) in [4.78, 5) is 28.6. The predicted octanol–water partition coefficient (Wildman–Crippen LogP) is 4.38. The summed E-state index contributed by atoms with van der Waals surface area (Å²) in [5, 5.41) is 2.76. The van der Waals surface area contributed by atoms with Crippen molar-refractivity contribution in [2.75, 3.05) is 5.32 Å². The lowest BCUT2D eigenvalue weighted by molar-refractivity contribution is -0.157. The number of rotatable bonds is 3. The Kier molecular flexibility index (Phi) is 5.20. The SMILES string of the molecule is CC(C)(C)OC(=O)CC1Cc2cc(-c3ccc(F)c(Cl)c3)cnc2NC1=O. The van der Waals surface area contributed by atoms with Crippen LogP contribution in [0, 0.1) is 11.7 Å². The van der Waals surface area contributed by atoms with Gasteiger partial charge in [0.05, 0.1) is 17.4 Å². The molecule has 1 atom stereocenters. The fourth-order valence-electron chi connectivity index (χ4n) is 2.94. The molecule has 27 heavy (non-hydrogen) atoms. The first-order valence-corrected chi connectivity index (χ1v) is 8.97. The number of aromatic nitrogens is 1. The van der Waals surface area contributed by atoms with Crippen molar-refractivity contribution in [1.82, 2.24) is 4.98 Å². The summed E-state index contributed by atoms with van der Waals surface area (Å²) in [5.74, 6) is -1.21. The van der Waals surface area contributed by atoms with Gasteiger partial charge in [-0.2, -0.15) is 0 Å². The fraction of sp³-hybridized carbons (Fsp3) is 0.350. The number of nitrogens with zero attached hydrogens (tertiary/aromatic N) is 1. The van der Waals surface area contributed by atoms with Gasteiger partial charge in [-0.15, -0.1) is 0 Å². The van der Waals surface area contributed by atoms with Crippen LogP contribution < -0.4 is 5.32 Å². The molecule has 1 unspecified atom stereocenters. The van der Waals surface area contributed by atoms with E-state index in [-0.39, 0.29) is 17.4 Å². The Morgan fingerprint density at radius 2 is 2.07 bits per heavy atom. The summed E-state index contributed by atoms with van der Waals surface area (Å²) in [6.07, 6.45) is 1.96. The van der Waals surface area contributed by atoms with Crippen LogP contribution in [0.4, 0.5) is 10.2 Å². The van der Waals surface area contributed by atoms with Gasteiger partial charge in [0.15, 0.2) is 0 Å². The summed E-state index contributed by atoms with van der Waals surface area (Å²) in [6.45, 7) is 5.35. The largest absolute Gasteiger partial charge is 0.460 e. The number of amides is 1. The van der Waals surface area contributed by atoms with Crippen molar-refractivity contribution >= 4 is 29.3 Å². The monoisotopic (exact) mass is 390 g/mol. The van der Waals surface area contributed by atoms with Gasteiger partial charge in [0, 0.05) is 11.8 Å². The average Bonchev–Trinajstić information content (AvgIpc) is 2.56. The van der Waals surface area contributed by atoms with Gasteiger partial charge in [0.25, 0.3) is 0 Å². The molecule has 1 aliphatic rings. The Hall–Kier alpha value is -2.47. The van der Waals surface area contributed by atoms with E-state index in [1.165, 1.54) is 12.1 Å². The molecule has 2 heterocycles. The van der Waals surface area contributed by atoms with E-state index in [4.69, 9.17) is 16.3 Å². The standard InChI is InChI=1S/C20H20ClFN2O3/c1-20(2,3)27-17(25)9-13-6-12-7-14(10-23-18(12)24-19(13)26)11-4-5-16(22)15(21)8-11/h4-5,7-8,10,13H,6,9H2,1-3H3,(H,23,24,26). The molecule has 1 aromatic heterocycles. The summed E-state index contributed by atoms with van der Waals surface area (Å²) in [5.41, 5.74) is 1.68. The van der Waals surface area contributed by atoms with Gasteiger partial charge in [0.2, 0.25) is 5.91 Å². The molecule has 0 fully saturated rings. The molecule has 1 aliphatic heterocycles. The van der Waals surface area contributed by atoms with E-state index in [0.717, 1.165) is 16.7 Å². The Morgan fingerprint density at radius 3 is 2.74 bits per heavy atom. The number of fused-ring (bicyclic) bond motifs is 1. The van der Waals surface area contributed by atoms with Crippen molar-refractivity contribution in [2.45, 2.75) is 39.2 Å². The molecule has 0 aliphatic carbocycles. The maximum Gasteiger partial charge on any atom is 0.307 e. The normalized spacial score (nSPS) is 16.5. The first kappa shape index (κ1) is 19.3. The molecule has 5 nitrogen and oxygen atoms in total. The van der Waals surface area contributed by atoms with E-state index in [9.17, 15) is 14.0 Å². The van der Waals surface area contributed by atoms with Gasteiger partial charge in [-0.1, -0.05) is 17.7 Å². The van der Waals surface area contributed by atoms with Crippen LogP contribution in [-0.4, -0.2) is 22.5 Å². The molecule has 142 valence electrons. The second kappa shape index (κ2) is 7.27. The summed E-state index contributed by atoms with van der Waals surface area (Å²) < 4.78 is 18.7. The number of ether oxygens (including phenoxy) is 1. The molecule has 0 bridgehead atoms. The first-order chi connectivity index (χ1) is 12.6. The van der Waals surface area contributed by atoms with Crippen molar-refractivity contribution in [1.29, 1.82) is 0 Å². The van der Waals surface area contributed by atoms with Gasteiger partial charge < -0.3 is 10.1 Å². The van der Waals surface area contributed by atoms with Gasteiger partial charge in [-0.05, 0) is 56.5 Å². The summed E-state index contributed by atoms with van der Waals surface area (Å²) in [7, 11) is 0. The van der Waals surface area contributed by atoms with Crippen LogP contribution in [0.25, 0.3) is 11.1 Å². The number of pyridine rings is 1. The Labute approximate surface area is 161 Å². The van der Waals surface area contributed by atoms with Crippen LogP contribution in [0.1, 0.15) is 32.8 Å². The summed E-state index contributed by atoms with van der Waals surface area (Å²) in [6, 6.07) is 6.31. The predicted molar refractivity (Wildman–Crippen MR) is 101 cm³/mol. The van der Waals surface area contributed by atoms with Gasteiger partial charge in [0.1, 0.15) is 17.2 Å². The molecular weight excluding hydrogens is 371 g/mol. The van der Waals surface area contributed by atoms with Crippen LogP contribution in [0.3, 0.4) is 0 Å². The Morgan fingerprint density at radius 1 is 1.33 bits per heavy atom. The van der Waals surface area contributed by atoms with Crippen LogP contribution >= 0.6 is 11.6 Å². The lowest BCUT2D eigenvalue weighted by atomic mass is 9.91. The Bertz CT molecular complexity index is 909. The third-order valence-corrected chi connectivity index (χ3v) is 4.42. The molecule has 3 rings (SSSR count). The number of carbonyl (C=O) groups is 2. The van der Waals surface area contributed by atoms with Crippen LogP contribution in [0.2, 0.25) is 5.02 Å². The zero-order valence-corrected chi connectivity index (χ0v) is 16.1. The Balaban J connectivity index is 1.81. The second-order valence-corrected chi connectivity index (χ2v) is 7.95. The number of esters is 1. The fourth-order valence-corrected chi connectivity index (χ4v) is 3.12. The molecule has 0 radical (unpaired) electrons. The van der Waals surface area contributed by atoms with E-state index in [1.54, 1.807) is 33.0 Å². The van der Waals surface area contributed by atoms with Crippen LogP contribution in [-0.2, 0) is 20.7 Å². The molecule has 0 saturated heterocycles. The minimum atomic E-state index is -0.600. The maximum absolute atomic E-state index is 13.4. The third kappa shape index (κ3) is 4.63.